The average Bonchev–Trinajstić information content (AvgIpc) is 2.97. The van der Waals surface area contributed by atoms with E-state index >= 15 is 0 Å². The fraction of sp³-hybridized carbons (Fsp3) is 0.571. The van der Waals surface area contributed by atoms with Gasteiger partial charge in [0.2, 0.25) is 0 Å². The molecule has 0 aromatic heterocycles. The molecule has 0 aliphatic carbocycles. The summed E-state index contributed by atoms with van der Waals surface area (Å²) in [5.41, 5.74) is 16.9. The van der Waals surface area contributed by atoms with Gasteiger partial charge in [0.05, 0.1) is 9.79 Å². The summed E-state index contributed by atoms with van der Waals surface area (Å²) in [6, 6.07) is 11.1. The first-order valence-corrected chi connectivity index (χ1v) is 17.2. The lowest BCUT2D eigenvalue weighted by molar-refractivity contribution is 0.118. The zero-order valence-electron chi connectivity index (χ0n) is 24.0. The maximum atomic E-state index is 11.9. The van der Waals surface area contributed by atoms with Crippen molar-refractivity contribution in [3.8, 4) is 11.5 Å². The highest BCUT2D eigenvalue weighted by molar-refractivity contribution is 7.90. The minimum Gasteiger partial charge on any atom is -0.490 e. The predicted molar refractivity (Wildman–Crippen MR) is 161 cm³/mol. The van der Waals surface area contributed by atoms with E-state index < -0.39 is 20.0 Å². The Hall–Kier alpha value is -3.44. The molecule has 0 saturated heterocycles. The summed E-state index contributed by atoms with van der Waals surface area (Å²) in [6.07, 6.45) is 15.1. The highest BCUT2D eigenvalue weighted by Crippen LogP contribution is 2.23. The van der Waals surface area contributed by atoms with Crippen LogP contribution in [0, 0.1) is 0 Å². The van der Waals surface area contributed by atoms with Crippen molar-refractivity contribution in [2.45, 2.75) is 106 Å². The minimum absolute atomic E-state index is 0.141. The molecule has 0 bridgehead atoms. The van der Waals surface area contributed by atoms with Crippen LogP contribution in [0.4, 0.5) is 0 Å². The number of azide groups is 2. The van der Waals surface area contributed by atoms with Crippen molar-refractivity contribution in [1.29, 1.82) is 0 Å². The second-order valence-corrected chi connectivity index (χ2v) is 13.1. The van der Waals surface area contributed by atoms with E-state index in [0.29, 0.717) is 17.9 Å². The Morgan fingerprint density at radius 2 is 1.05 bits per heavy atom. The van der Waals surface area contributed by atoms with Crippen molar-refractivity contribution in [2.75, 3.05) is 6.61 Å². The molecule has 1 atom stereocenters. The van der Waals surface area contributed by atoms with Gasteiger partial charge < -0.3 is 9.47 Å². The average molecular weight is 621 g/mol. The summed E-state index contributed by atoms with van der Waals surface area (Å²) in [6.45, 7) is 2.40. The van der Waals surface area contributed by atoms with Crippen LogP contribution in [0.15, 0.2) is 67.4 Å². The molecule has 0 aliphatic rings. The first-order valence-electron chi connectivity index (χ1n) is 14.3. The Morgan fingerprint density at radius 1 is 0.643 bits per heavy atom. The second kappa shape index (κ2) is 18.9. The van der Waals surface area contributed by atoms with Gasteiger partial charge in [-0.15, -0.1) is 0 Å². The van der Waals surface area contributed by atoms with Crippen molar-refractivity contribution in [1.82, 2.24) is 0 Å². The highest BCUT2D eigenvalue weighted by atomic mass is 32.2. The molecule has 0 radical (unpaired) electrons. The van der Waals surface area contributed by atoms with Gasteiger partial charge in [0.25, 0.3) is 20.0 Å². The van der Waals surface area contributed by atoms with Crippen LogP contribution in [0.2, 0.25) is 0 Å². The number of rotatable bonds is 22. The summed E-state index contributed by atoms with van der Waals surface area (Å²) in [5.74, 6) is 0.840. The van der Waals surface area contributed by atoms with Crippen LogP contribution in [-0.4, -0.2) is 29.5 Å². The normalized spacial score (nSPS) is 12.1. The van der Waals surface area contributed by atoms with E-state index in [1.165, 1.54) is 106 Å². The van der Waals surface area contributed by atoms with Gasteiger partial charge in [0.15, 0.2) is 0 Å². The fourth-order valence-corrected chi connectivity index (χ4v) is 5.70. The smallest absolute Gasteiger partial charge is 0.264 e. The number of nitrogens with zero attached hydrogens (tertiary/aromatic N) is 6. The Morgan fingerprint density at radius 3 is 1.48 bits per heavy atom. The highest BCUT2D eigenvalue weighted by Gasteiger charge is 2.16. The van der Waals surface area contributed by atoms with Crippen LogP contribution in [0.1, 0.15) is 90.4 Å². The first kappa shape index (κ1) is 34.8. The molecule has 2 aromatic carbocycles. The van der Waals surface area contributed by atoms with Crippen LogP contribution >= 0.6 is 0 Å². The fourth-order valence-electron chi connectivity index (χ4n) is 4.36. The number of benzene rings is 2. The number of hydrogen-bond donors (Lipinski definition) is 0. The lowest BCUT2D eigenvalue weighted by Gasteiger charge is -2.20. The lowest BCUT2D eigenvalue weighted by atomic mass is 10.0. The summed E-state index contributed by atoms with van der Waals surface area (Å²) in [5, 5.41) is 0. The van der Waals surface area contributed by atoms with Gasteiger partial charge in [-0.05, 0) is 72.4 Å². The molecule has 0 spiro atoms. The van der Waals surface area contributed by atoms with Crippen molar-refractivity contribution >= 4 is 20.0 Å². The van der Waals surface area contributed by atoms with E-state index in [1.807, 2.05) is 0 Å². The number of unbranched alkanes of at least 4 members (excludes halogenated alkanes) is 11. The summed E-state index contributed by atoms with van der Waals surface area (Å²) in [4.78, 5) is 4.41. The molecule has 14 heteroatoms. The van der Waals surface area contributed by atoms with Gasteiger partial charge in [0.1, 0.15) is 24.2 Å². The van der Waals surface area contributed by atoms with Crippen LogP contribution in [0.5, 0.6) is 11.5 Å². The first-order chi connectivity index (χ1) is 20.2. The molecule has 1 unspecified atom stereocenters. The standard InChI is InChI=1S/C28H40N6O6S2/c1-2-3-4-5-6-7-8-9-10-11-12-13-14-26(40-25-17-21-28(22-18-25)42(37,38)34-32-30)23-39-24-15-19-27(20-16-24)41(35,36)33-31-29/h15-22,26H,2-14,23H2,1H3. The molecule has 0 saturated carbocycles. The molecule has 0 amide bonds. The maximum Gasteiger partial charge on any atom is 0.264 e. The number of sulfonamides is 2. The van der Waals surface area contributed by atoms with Crippen molar-refractivity contribution < 1.29 is 26.3 Å². The predicted octanol–water partition coefficient (Wildman–Crippen LogP) is 8.60. The Kier molecular flexibility index (Phi) is 15.6. The van der Waals surface area contributed by atoms with Gasteiger partial charge in [-0.1, -0.05) is 77.6 Å². The molecule has 230 valence electrons. The zero-order chi connectivity index (χ0) is 30.7. The monoisotopic (exact) mass is 620 g/mol. The topological polar surface area (TPSA) is 184 Å². The van der Waals surface area contributed by atoms with E-state index in [4.69, 9.17) is 20.5 Å². The van der Waals surface area contributed by atoms with Gasteiger partial charge in [-0.3, -0.25) is 0 Å². The minimum atomic E-state index is -4.10. The summed E-state index contributed by atoms with van der Waals surface area (Å²) in [7, 11) is -8.18. The number of ether oxygens (including phenoxy) is 2. The maximum absolute atomic E-state index is 11.9. The molecule has 2 rings (SSSR count). The van der Waals surface area contributed by atoms with Gasteiger partial charge in [0, 0.05) is 18.9 Å². The third-order valence-corrected chi connectivity index (χ3v) is 8.96. The molecule has 2 aromatic rings. The van der Waals surface area contributed by atoms with E-state index in [-0.39, 0.29) is 22.5 Å². The van der Waals surface area contributed by atoms with E-state index in [1.54, 1.807) is 0 Å². The largest absolute Gasteiger partial charge is 0.490 e. The molecule has 42 heavy (non-hydrogen) atoms. The molecule has 0 fully saturated rings. The van der Waals surface area contributed by atoms with E-state index in [0.717, 1.165) is 19.3 Å². The van der Waals surface area contributed by atoms with Gasteiger partial charge >= 0.3 is 0 Å². The lowest BCUT2D eigenvalue weighted by Crippen LogP contribution is -2.25. The van der Waals surface area contributed by atoms with E-state index in [2.05, 4.69) is 25.8 Å². The van der Waals surface area contributed by atoms with Crippen molar-refractivity contribution in [2.24, 2.45) is 9.04 Å². The molecule has 0 heterocycles. The Bertz CT molecular complexity index is 1390. The molecular weight excluding hydrogens is 580 g/mol. The Balaban J connectivity index is 1.91. The Labute approximate surface area is 248 Å². The van der Waals surface area contributed by atoms with Crippen molar-refractivity contribution in [3.63, 3.8) is 0 Å². The molecule has 0 aliphatic heterocycles. The third-order valence-electron chi connectivity index (χ3n) is 6.65. The molecule has 12 nitrogen and oxygen atoms in total. The number of hydrogen-bond acceptors (Lipinski definition) is 6. The van der Waals surface area contributed by atoms with Crippen LogP contribution < -0.4 is 9.47 Å². The molecule has 0 N–H and O–H groups in total. The molecular formula is C28H40N6O6S2. The van der Waals surface area contributed by atoms with Crippen LogP contribution in [-0.2, 0) is 20.0 Å². The second-order valence-electron chi connectivity index (χ2n) is 9.96. The third kappa shape index (κ3) is 13.0. The quantitative estimate of drug-likeness (QED) is 0.0548. The van der Waals surface area contributed by atoms with Gasteiger partial charge in [-0.2, -0.15) is 0 Å². The van der Waals surface area contributed by atoms with E-state index in [9.17, 15) is 16.8 Å². The summed E-state index contributed by atoms with van der Waals surface area (Å²) < 4.78 is 65.3. The van der Waals surface area contributed by atoms with Crippen molar-refractivity contribution in [3.05, 3.63) is 69.4 Å². The SMILES string of the molecule is CCCCCCCCCCCCCCC(COc1ccc(S(=O)(=O)N=[N+]=[N-])cc1)Oc1ccc(S(=O)(=O)N=[N+]=[N-])cc1. The summed E-state index contributed by atoms with van der Waals surface area (Å²) >= 11 is 0. The zero-order valence-corrected chi connectivity index (χ0v) is 25.7. The van der Waals surface area contributed by atoms with Crippen LogP contribution in [0.25, 0.3) is 20.9 Å². The van der Waals surface area contributed by atoms with Crippen LogP contribution in [0.3, 0.4) is 0 Å². The van der Waals surface area contributed by atoms with Gasteiger partial charge in [-0.25, -0.2) is 16.8 Å².